The van der Waals surface area contributed by atoms with Crippen LogP contribution in [-0.2, 0) is 18.9 Å². The molecule has 168 valence electrons. The van der Waals surface area contributed by atoms with Gasteiger partial charge in [0.1, 0.15) is 0 Å². The molecule has 0 radical (unpaired) electrons. The molecular weight excluding hydrogens is 382 g/mol. The first-order valence-corrected chi connectivity index (χ1v) is 10.5. The van der Waals surface area contributed by atoms with Crippen LogP contribution in [0.1, 0.15) is 93.4 Å². The largest absolute Gasteiger partial charge is 2.00 e. The third-order valence-electron chi connectivity index (χ3n) is 3.15. The van der Waals surface area contributed by atoms with Crippen LogP contribution >= 0.6 is 0 Å². The average molecular weight is 432 g/mol. The van der Waals surface area contributed by atoms with E-state index in [1.807, 2.05) is 41.5 Å². The fourth-order valence-electron chi connectivity index (χ4n) is 2.08. The third kappa shape index (κ3) is 24.6. The van der Waals surface area contributed by atoms with E-state index in [0.29, 0.717) is 32.3 Å². The molecule has 0 bridgehead atoms. The third-order valence-corrected chi connectivity index (χ3v) is 3.15. The van der Waals surface area contributed by atoms with Crippen molar-refractivity contribution in [3.8, 4) is 0 Å². The summed E-state index contributed by atoms with van der Waals surface area (Å²) >= 11 is 0. The molecule has 0 aromatic heterocycles. The Labute approximate surface area is 207 Å². The molecule has 0 aromatic rings. The normalized spacial score (nSPS) is 13.0. The van der Waals surface area contributed by atoms with Gasteiger partial charge in [0.05, 0.1) is 19.8 Å². The van der Waals surface area contributed by atoms with E-state index in [2.05, 4.69) is 13.8 Å². The molecule has 0 atom stereocenters. The first-order chi connectivity index (χ1) is 12.6. The van der Waals surface area contributed by atoms with Crippen LogP contribution in [-0.4, -0.2) is 76.0 Å². The molecule has 0 aromatic carbocycles. The summed E-state index contributed by atoms with van der Waals surface area (Å²) in [6.45, 7) is 20.3. The molecule has 1 fully saturated rings. The molecule has 6 heteroatoms. The zero-order valence-electron chi connectivity index (χ0n) is 20.3. The summed E-state index contributed by atoms with van der Waals surface area (Å²) < 4.78 is 21.4. The van der Waals surface area contributed by atoms with E-state index in [1.165, 1.54) is 12.8 Å². The van der Waals surface area contributed by atoms with Crippen molar-refractivity contribution in [3.05, 3.63) is 14.4 Å². The van der Waals surface area contributed by atoms with E-state index < -0.39 is 5.97 Å². The molecule has 1 aliphatic rings. The van der Waals surface area contributed by atoms with Gasteiger partial charge >= 0.3 is 37.7 Å². The van der Waals surface area contributed by atoms with Gasteiger partial charge in [-0.1, -0.05) is 53.9 Å². The molecule has 0 aliphatic carbocycles. The van der Waals surface area contributed by atoms with E-state index in [0.717, 1.165) is 32.1 Å². The molecule has 1 heterocycles. The van der Waals surface area contributed by atoms with Crippen molar-refractivity contribution in [2.24, 2.45) is 0 Å². The van der Waals surface area contributed by atoms with Crippen LogP contribution in [0.4, 0.5) is 0 Å². The summed E-state index contributed by atoms with van der Waals surface area (Å²) in [6, 6.07) is 0. The van der Waals surface area contributed by atoms with Crippen LogP contribution in [0.3, 0.4) is 0 Å². The van der Waals surface area contributed by atoms with Crippen molar-refractivity contribution in [3.63, 3.8) is 0 Å². The molecule has 1 saturated heterocycles. The number of rotatable bonds is 10. The van der Waals surface area contributed by atoms with Gasteiger partial charge < -0.3 is 33.3 Å². The maximum atomic E-state index is 7.14. The van der Waals surface area contributed by atoms with E-state index in [-0.39, 0.29) is 45.2 Å². The Morgan fingerprint density at radius 1 is 0.964 bits per heavy atom. The summed E-state index contributed by atoms with van der Waals surface area (Å²) in [4.78, 5) is 0. The van der Waals surface area contributed by atoms with Gasteiger partial charge in [0.2, 0.25) is 0 Å². The van der Waals surface area contributed by atoms with Crippen LogP contribution in [0, 0.1) is 19.8 Å². The van der Waals surface area contributed by atoms with E-state index in [9.17, 15) is 0 Å². The Balaban J connectivity index is -0.000000105. The summed E-state index contributed by atoms with van der Waals surface area (Å²) in [5.74, 6) is -0.314. The Morgan fingerprint density at radius 3 is 1.89 bits per heavy atom. The fraction of sp³-hybridized carbons (Fsp3) is 0.864. The van der Waals surface area contributed by atoms with Crippen molar-refractivity contribution in [1.29, 1.82) is 5.41 Å². The molecule has 1 N–H and O–H groups in total. The smallest absolute Gasteiger partial charge is 0.481 e. The van der Waals surface area contributed by atoms with Gasteiger partial charge in [0.25, 0.3) is 5.97 Å². The minimum Gasteiger partial charge on any atom is -0.481 e. The average Bonchev–Trinajstić information content (AvgIpc) is 3.13. The number of unbranched alkanes of at least 4 members (excludes halogenated alkanes) is 3. The topological polar surface area (TPSA) is 60.8 Å². The SMILES string of the molecule is CC.CC.CCCCCC1(OCC)OCCO1.[CH2-]CCCC(=N)OCC.[CH3-].[Ca+2]. The van der Waals surface area contributed by atoms with E-state index in [1.54, 1.807) is 0 Å². The van der Waals surface area contributed by atoms with Gasteiger partial charge in [-0.25, -0.2) is 0 Å². The Bertz CT molecular complexity index is 273. The van der Waals surface area contributed by atoms with Crippen LogP contribution in [0.2, 0.25) is 0 Å². The zero-order valence-corrected chi connectivity index (χ0v) is 22.5. The number of ether oxygens (including phenoxy) is 4. The number of nitrogens with one attached hydrogen (secondary N) is 1. The first kappa shape index (κ1) is 39.1. The van der Waals surface area contributed by atoms with Gasteiger partial charge in [-0.3, -0.25) is 5.41 Å². The predicted molar refractivity (Wildman–Crippen MR) is 124 cm³/mol. The molecule has 0 unspecified atom stereocenters. The molecule has 1 aliphatic heterocycles. The van der Waals surface area contributed by atoms with Gasteiger partial charge in [-0.05, 0) is 20.3 Å². The van der Waals surface area contributed by atoms with Crippen molar-refractivity contribution in [2.45, 2.75) is 99.4 Å². The molecule has 5 nitrogen and oxygen atoms in total. The van der Waals surface area contributed by atoms with E-state index in [4.69, 9.17) is 24.4 Å². The van der Waals surface area contributed by atoms with Gasteiger partial charge in [-0.15, -0.1) is 0 Å². The standard InChI is InChI=1S/C10H20O3.C7H14NO.2C2H6.CH3.Ca/c1-3-5-6-7-10(11-4-2)12-8-9-13-10;1-3-5-6-7(8)9-4-2;2*1-2;;/h3-9H2,1-2H3;8H,1,3-6H2,2H3;2*1-2H3;1H3;/q;-1;;;-1;+2. The Kier molecular flexibility index (Phi) is 45.1. The Hall–Kier alpha value is 0.610. The van der Waals surface area contributed by atoms with Crippen molar-refractivity contribution in [2.75, 3.05) is 26.4 Å². The maximum Gasteiger partial charge on any atom is 2.00 e. The van der Waals surface area contributed by atoms with Gasteiger partial charge in [-0.2, -0.15) is 6.42 Å². The zero-order chi connectivity index (χ0) is 20.7. The number of hydrogen-bond donors (Lipinski definition) is 1. The van der Waals surface area contributed by atoms with Crippen molar-refractivity contribution in [1.82, 2.24) is 0 Å². The summed E-state index contributed by atoms with van der Waals surface area (Å²) in [7, 11) is 0. The van der Waals surface area contributed by atoms with Gasteiger partial charge in [0, 0.05) is 19.4 Å². The molecular formula is C22H49CaNO4. The molecule has 0 saturated carbocycles. The van der Waals surface area contributed by atoms with Crippen molar-refractivity contribution < 1.29 is 18.9 Å². The first-order valence-electron chi connectivity index (χ1n) is 10.5. The fourth-order valence-corrected chi connectivity index (χ4v) is 2.08. The van der Waals surface area contributed by atoms with Crippen LogP contribution in [0.5, 0.6) is 0 Å². The van der Waals surface area contributed by atoms with Crippen molar-refractivity contribution >= 4 is 43.6 Å². The van der Waals surface area contributed by atoms with Crippen LogP contribution in [0.25, 0.3) is 0 Å². The second-order valence-corrected chi connectivity index (χ2v) is 5.08. The second kappa shape index (κ2) is 32.3. The van der Waals surface area contributed by atoms with E-state index >= 15 is 0 Å². The van der Waals surface area contributed by atoms with Crippen LogP contribution < -0.4 is 0 Å². The summed E-state index contributed by atoms with van der Waals surface area (Å²) in [6.07, 6.45) is 6.96. The maximum absolute atomic E-state index is 7.14. The second-order valence-electron chi connectivity index (χ2n) is 5.08. The predicted octanol–water partition coefficient (Wildman–Crippen LogP) is 6.43. The molecule has 0 amide bonds. The summed E-state index contributed by atoms with van der Waals surface area (Å²) in [5, 5.41) is 7.14. The Morgan fingerprint density at radius 2 is 1.50 bits per heavy atom. The summed E-state index contributed by atoms with van der Waals surface area (Å²) in [5.41, 5.74) is 0. The monoisotopic (exact) mass is 431 g/mol. The number of hydrogen-bond acceptors (Lipinski definition) is 5. The van der Waals surface area contributed by atoms with Gasteiger partial charge in [0.15, 0.2) is 5.90 Å². The minimum absolute atomic E-state index is 0. The molecule has 0 spiro atoms. The minimum atomic E-state index is -0.704. The molecule has 28 heavy (non-hydrogen) atoms. The molecule has 1 rings (SSSR count). The quantitative estimate of drug-likeness (QED) is 0.142. The van der Waals surface area contributed by atoms with Crippen LogP contribution in [0.15, 0.2) is 0 Å².